The lowest BCUT2D eigenvalue weighted by molar-refractivity contribution is -0.870. The lowest BCUT2D eigenvalue weighted by Crippen LogP contribution is -2.37. The third-order valence-electron chi connectivity index (χ3n) is 11.9. The molecule has 0 radical (unpaired) electrons. The predicted molar refractivity (Wildman–Crippen MR) is 254 cm³/mol. The highest BCUT2D eigenvalue weighted by Crippen LogP contribution is 2.43. The number of hydrogen-bond donors (Lipinski definition) is 4. The molecular weight excluding hydrogens is 838 g/mol. The van der Waals surface area contributed by atoms with Crippen LogP contribution in [0, 0.1) is 11.8 Å². The van der Waals surface area contributed by atoms with Crippen LogP contribution in [0.3, 0.4) is 0 Å². The highest BCUT2D eigenvalue weighted by Gasteiger charge is 2.41. The maximum atomic E-state index is 12.9. The lowest BCUT2D eigenvalue weighted by Gasteiger charge is -2.24. The Bertz CT molecular complexity index is 1320. The average Bonchev–Trinajstić information content (AvgIpc) is 3.49. The van der Waals surface area contributed by atoms with Gasteiger partial charge in [0.2, 0.25) is 0 Å². The number of Topliss-reactive ketones (excluding diaryl/α,β-unsaturated/α-hetero) is 1. The summed E-state index contributed by atoms with van der Waals surface area (Å²) in [6, 6.07) is 0. The number of rotatable bonds is 42. The number of aliphatic hydroxyl groups is 3. The van der Waals surface area contributed by atoms with Crippen molar-refractivity contribution in [1.29, 1.82) is 0 Å². The number of aliphatic hydroxyl groups excluding tert-OH is 3. The average molecular weight is 931 g/mol. The zero-order chi connectivity index (χ0) is 47.5. The molecule has 1 aliphatic rings. The Morgan fingerprint density at radius 2 is 1.22 bits per heavy atom. The van der Waals surface area contributed by atoms with Crippen LogP contribution in [0.1, 0.15) is 194 Å². The summed E-state index contributed by atoms with van der Waals surface area (Å²) in [5.74, 6) is -2.05. The van der Waals surface area contributed by atoms with Crippen molar-refractivity contribution in [3.63, 3.8) is 0 Å². The van der Waals surface area contributed by atoms with Gasteiger partial charge < -0.3 is 34.2 Å². The molecule has 1 saturated carbocycles. The first-order valence-electron chi connectivity index (χ1n) is 25.2. The van der Waals surface area contributed by atoms with Crippen LogP contribution in [0.5, 0.6) is 0 Å². The lowest BCUT2D eigenvalue weighted by atomic mass is 9.87. The standard InChI is InChI=1S/C50H92NO12P/c1-6-8-10-11-12-13-14-15-16-17-18-19-20-21-22-23-24-25-27-33-50(57)63-44(41-62-64(58,59)61-37-36-51(3,4)5)40-60-49(56)32-29-28-31-43(53)38-46-45(47(54)39-48(46)55)35-34-42(52)30-26-9-7-2/h15-16,34-35,42,44-48,52,54-55H,6-14,17-33,36-41H2,1-5H3/p+1/b16-15-,35-34+/t42-,44+,45+,46+,47+,48-/m0/s1. The molecule has 14 heteroatoms. The van der Waals surface area contributed by atoms with Gasteiger partial charge in [0.05, 0.1) is 46.1 Å². The molecule has 0 amide bonds. The van der Waals surface area contributed by atoms with E-state index in [1.807, 2.05) is 21.1 Å². The van der Waals surface area contributed by atoms with Gasteiger partial charge in [-0.05, 0) is 51.4 Å². The highest BCUT2D eigenvalue weighted by atomic mass is 31.2. The smallest absolute Gasteiger partial charge is 0.462 e. The van der Waals surface area contributed by atoms with Crippen molar-refractivity contribution >= 4 is 25.5 Å². The number of carbonyl (C=O) groups excluding carboxylic acids is 3. The Balaban J connectivity index is 2.44. The molecule has 1 aliphatic carbocycles. The first-order chi connectivity index (χ1) is 30.6. The second kappa shape index (κ2) is 37.1. The van der Waals surface area contributed by atoms with E-state index in [9.17, 15) is 39.2 Å². The fourth-order valence-corrected chi connectivity index (χ4v) is 8.63. The number of allylic oxidation sites excluding steroid dienone is 2. The largest absolute Gasteiger partial charge is 0.472 e. The maximum absolute atomic E-state index is 12.9. The van der Waals surface area contributed by atoms with Crippen molar-refractivity contribution in [1.82, 2.24) is 0 Å². The molecule has 0 aromatic heterocycles. The summed E-state index contributed by atoms with van der Waals surface area (Å²) in [5, 5.41) is 31.4. The van der Waals surface area contributed by atoms with E-state index >= 15 is 0 Å². The molecule has 1 fully saturated rings. The topological polar surface area (TPSA) is 186 Å². The Labute approximate surface area is 388 Å². The van der Waals surface area contributed by atoms with Crippen molar-refractivity contribution in [2.75, 3.05) is 47.5 Å². The van der Waals surface area contributed by atoms with Crippen molar-refractivity contribution in [2.45, 2.75) is 218 Å². The molecule has 64 heavy (non-hydrogen) atoms. The van der Waals surface area contributed by atoms with E-state index in [1.54, 1.807) is 12.2 Å². The van der Waals surface area contributed by atoms with Gasteiger partial charge in [0.25, 0.3) is 0 Å². The highest BCUT2D eigenvalue weighted by molar-refractivity contribution is 7.47. The summed E-state index contributed by atoms with van der Waals surface area (Å²) in [7, 11) is 1.28. The molecule has 0 aromatic rings. The van der Waals surface area contributed by atoms with E-state index in [-0.39, 0.29) is 51.1 Å². The summed E-state index contributed by atoms with van der Waals surface area (Å²) in [4.78, 5) is 48.6. The van der Waals surface area contributed by atoms with Crippen LogP contribution >= 0.6 is 7.82 Å². The van der Waals surface area contributed by atoms with Gasteiger partial charge in [-0.25, -0.2) is 4.57 Å². The number of phosphoric ester groups is 1. The second-order valence-corrected chi connectivity index (χ2v) is 20.6. The summed E-state index contributed by atoms with van der Waals surface area (Å²) in [5.41, 5.74) is 0. The predicted octanol–water partition coefficient (Wildman–Crippen LogP) is 10.3. The minimum Gasteiger partial charge on any atom is -0.462 e. The first kappa shape index (κ1) is 60.1. The van der Waals surface area contributed by atoms with Gasteiger partial charge in [-0.15, -0.1) is 0 Å². The van der Waals surface area contributed by atoms with Crippen LogP contribution in [-0.2, 0) is 37.5 Å². The Hall–Kier alpha value is -1.96. The summed E-state index contributed by atoms with van der Waals surface area (Å²) in [6.45, 7) is 3.90. The Kier molecular flexibility index (Phi) is 34.8. The summed E-state index contributed by atoms with van der Waals surface area (Å²) in [6.07, 6.45) is 29.9. The number of ketones is 1. The zero-order valence-corrected chi connectivity index (χ0v) is 41.7. The van der Waals surface area contributed by atoms with Crippen molar-refractivity contribution < 1.29 is 62.2 Å². The van der Waals surface area contributed by atoms with E-state index in [4.69, 9.17) is 18.5 Å². The quantitative estimate of drug-likeness (QED) is 0.0149. The SMILES string of the molecule is CCCCCCCC/C=C\CCCCCCCCCCCC(=O)O[C@H](COC(=O)CCCCC(=O)C[C@@H]1[C@@H](/C=C/[C@@H](O)CCCCC)[C@H](O)C[C@@H]1O)COP(=O)(O)OCC[N+](C)(C)C. The molecule has 0 aromatic carbocycles. The van der Waals surface area contributed by atoms with E-state index in [0.717, 1.165) is 38.5 Å². The van der Waals surface area contributed by atoms with Gasteiger partial charge in [0, 0.05) is 43.9 Å². The number of phosphoric acid groups is 1. The zero-order valence-electron chi connectivity index (χ0n) is 40.9. The van der Waals surface area contributed by atoms with Crippen LogP contribution in [0.4, 0.5) is 0 Å². The number of quaternary nitrogens is 1. The molecule has 4 N–H and O–H groups in total. The first-order valence-corrected chi connectivity index (χ1v) is 26.7. The molecule has 0 aliphatic heterocycles. The minimum absolute atomic E-state index is 0.00418. The fourth-order valence-electron chi connectivity index (χ4n) is 7.89. The molecular formula is C50H93NO12P+. The normalized spacial score (nSPS) is 19.9. The number of unbranched alkanes of at least 4 members (excludes halogenated alkanes) is 18. The second-order valence-electron chi connectivity index (χ2n) is 19.2. The molecule has 0 saturated heterocycles. The van der Waals surface area contributed by atoms with Gasteiger partial charge >= 0.3 is 19.8 Å². The van der Waals surface area contributed by atoms with Crippen molar-refractivity contribution in [3.05, 3.63) is 24.3 Å². The monoisotopic (exact) mass is 931 g/mol. The van der Waals surface area contributed by atoms with Crippen LogP contribution < -0.4 is 0 Å². The van der Waals surface area contributed by atoms with Gasteiger partial charge in [-0.2, -0.15) is 0 Å². The number of nitrogens with zero attached hydrogens (tertiary/aromatic N) is 1. The number of esters is 2. The molecule has 374 valence electrons. The van der Waals surface area contributed by atoms with Crippen LogP contribution in [0.15, 0.2) is 24.3 Å². The number of likely N-dealkylation sites (N-methyl/N-ethyl adjacent to an activating group) is 1. The van der Waals surface area contributed by atoms with Gasteiger partial charge in [0.15, 0.2) is 6.10 Å². The number of hydrogen-bond acceptors (Lipinski definition) is 11. The third kappa shape index (κ3) is 33.5. The molecule has 13 nitrogen and oxygen atoms in total. The summed E-state index contributed by atoms with van der Waals surface area (Å²) < 4.78 is 34.3. The molecule has 1 rings (SSSR count). The van der Waals surface area contributed by atoms with Crippen LogP contribution in [-0.4, -0.2) is 114 Å². The summed E-state index contributed by atoms with van der Waals surface area (Å²) >= 11 is 0. The van der Waals surface area contributed by atoms with Gasteiger partial charge in [-0.3, -0.25) is 23.4 Å². The van der Waals surface area contributed by atoms with E-state index in [2.05, 4.69) is 26.0 Å². The fraction of sp³-hybridized carbons (Fsp3) is 0.860. The van der Waals surface area contributed by atoms with Crippen molar-refractivity contribution in [3.8, 4) is 0 Å². The third-order valence-corrected chi connectivity index (χ3v) is 12.9. The van der Waals surface area contributed by atoms with E-state index < -0.39 is 62.6 Å². The number of carbonyl (C=O) groups is 3. The van der Waals surface area contributed by atoms with E-state index in [1.165, 1.54) is 83.5 Å². The van der Waals surface area contributed by atoms with Gasteiger partial charge in [0.1, 0.15) is 25.5 Å². The molecule has 0 spiro atoms. The minimum atomic E-state index is -4.47. The molecule has 7 atom stereocenters. The Morgan fingerprint density at radius 3 is 1.83 bits per heavy atom. The molecule has 0 heterocycles. The van der Waals surface area contributed by atoms with Crippen LogP contribution in [0.25, 0.3) is 0 Å². The maximum Gasteiger partial charge on any atom is 0.472 e. The van der Waals surface area contributed by atoms with Crippen molar-refractivity contribution in [2.24, 2.45) is 11.8 Å². The Morgan fingerprint density at radius 1 is 0.688 bits per heavy atom. The molecule has 0 bridgehead atoms. The van der Waals surface area contributed by atoms with Gasteiger partial charge in [-0.1, -0.05) is 134 Å². The van der Waals surface area contributed by atoms with Crippen LogP contribution in [0.2, 0.25) is 0 Å². The molecule has 1 unspecified atom stereocenters. The van der Waals surface area contributed by atoms with E-state index in [0.29, 0.717) is 36.7 Å². The number of ether oxygens (including phenoxy) is 2.